The molecule has 2 N–H and O–H groups in total. The van der Waals surface area contributed by atoms with Crippen molar-refractivity contribution >= 4 is 46.0 Å². The van der Waals surface area contributed by atoms with Crippen molar-refractivity contribution in [3.05, 3.63) is 100 Å². The molecule has 1 atom stereocenters. The Bertz CT molecular complexity index is 1560. The monoisotopic (exact) mass is 525 g/mol. The number of carboxylic acid groups (broad SMARTS) is 1. The molecule has 1 aromatic heterocycles. The molecule has 2 heterocycles. The van der Waals surface area contributed by atoms with E-state index in [4.69, 9.17) is 0 Å². The number of hydrogen-bond acceptors (Lipinski definition) is 6. The first-order valence-electron chi connectivity index (χ1n) is 12.6. The zero-order valence-electron chi connectivity index (χ0n) is 21.1. The summed E-state index contributed by atoms with van der Waals surface area (Å²) < 4.78 is 1.80. The van der Waals surface area contributed by atoms with Gasteiger partial charge in [0.05, 0.1) is 34.7 Å². The second-order valence-corrected chi connectivity index (χ2v) is 9.40. The van der Waals surface area contributed by atoms with Gasteiger partial charge < -0.3 is 19.9 Å². The van der Waals surface area contributed by atoms with E-state index in [-0.39, 0.29) is 12.1 Å². The predicted molar refractivity (Wildman–Crippen MR) is 149 cm³/mol. The van der Waals surface area contributed by atoms with Crippen LogP contribution in [0.1, 0.15) is 36.4 Å². The highest BCUT2D eigenvalue weighted by Crippen LogP contribution is 2.32. The fraction of sp³-hybridized carbons (Fsp3) is 0.207. The molecule has 1 aliphatic heterocycles. The van der Waals surface area contributed by atoms with Crippen molar-refractivity contribution in [2.24, 2.45) is 0 Å². The Balaban J connectivity index is 1.35. The van der Waals surface area contributed by atoms with Gasteiger partial charge in [0.1, 0.15) is 5.69 Å². The van der Waals surface area contributed by atoms with E-state index in [1.165, 1.54) is 18.2 Å². The Morgan fingerprint density at radius 2 is 1.85 bits per heavy atom. The van der Waals surface area contributed by atoms with Crippen molar-refractivity contribution in [2.45, 2.75) is 25.3 Å². The Morgan fingerprint density at radius 3 is 2.56 bits per heavy atom. The third-order valence-corrected chi connectivity index (χ3v) is 6.80. The molecule has 39 heavy (non-hydrogen) atoms. The third kappa shape index (κ3) is 5.80. The van der Waals surface area contributed by atoms with E-state index >= 15 is 0 Å². The number of nitrogens with one attached hydrogen (secondary N) is 1. The zero-order valence-corrected chi connectivity index (χ0v) is 21.1. The van der Waals surface area contributed by atoms with Crippen molar-refractivity contribution in [2.75, 3.05) is 23.3 Å². The number of nitro groups is 1. The van der Waals surface area contributed by atoms with E-state index in [1.54, 1.807) is 41.2 Å². The van der Waals surface area contributed by atoms with Crippen molar-refractivity contribution in [1.29, 1.82) is 0 Å². The first kappa shape index (κ1) is 25.7. The zero-order chi connectivity index (χ0) is 27.4. The summed E-state index contributed by atoms with van der Waals surface area (Å²) in [7, 11) is 0. The number of rotatable bonds is 9. The number of imidazole rings is 1. The summed E-state index contributed by atoms with van der Waals surface area (Å²) in [6.07, 6.45) is 6.37. The van der Waals surface area contributed by atoms with E-state index in [0.717, 1.165) is 31.5 Å². The summed E-state index contributed by atoms with van der Waals surface area (Å²) in [4.78, 5) is 42.0. The van der Waals surface area contributed by atoms with Crippen LogP contribution >= 0.6 is 0 Å². The van der Waals surface area contributed by atoms with Crippen LogP contribution < -0.4 is 10.2 Å². The minimum atomic E-state index is -0.936. The van der Waals surface area contributed by atoms with Crippen LogP contribution in [-0.4, -0.2) is 44.5 Å². The van der Waals surface area contributed by atoms with Crippen LogP contribution in [0, 0.1) is 10.1 Å². The van der Waals surface area contributed by atoms with E-state index in [0.29, 0.717) is 28.0 Å². The van der Waals surface area contributed by atoms with Gasteiger partial charge in [-0.05, 0) is 54.3 Å². The number of aromatic nitrogens is 2. The molecule has 1 fully saturated rings. The van der Waals surface area contributed by atoms with Gasteiger partial charge in [-0.2, -0.15) is 0 Å². The maximum Gasteiger partial charge on any atom is 0.305 e. The van der Waals surface area contributed by atoms with E-state index in [2.05, 4.69) is 10.3 Å². The molecular formula is C29H27N5O5. The maximum atomic E-state index is 12.7. The number of nitro benzene ring substituents is 1. The van der Waals surface area contributed by atoms with Gasteiger partial charge in [-0.25, -0.2) is 4.98 Å². The van der Waals surface area contributed by atoms with Gasteiger partial charge in [0.25, 0.3) is 5.69 Å². The molecule has 10 heteroatoms. The average Bonchev–Trinajstić information content (AvgIpc) is 3.61. The fourth-order valence-corrected chi connectivity index (χ4v) is 4.94. The minimum Gasteiger partial charge on any atom is -0.481 e. The quantitative estimate of drug-likeness (QED) is 0.173. The summed E-state index contributed by atoms with van der Waals surface area (Å²) >= 11 is 0. The van der Waals surface area contributed by atoms with Crippen LogP contribution in [0.5, 0.6) is 0 Å². The predicted octanol–water partition coefficient (Wildman–Crippen LogP) is 5.26. The van der Waals surface area contributed by atoms with Crippen molar-refractivity contribution in [1.82, 2.24) is 9.55 Å². The molecule has 198 valence electrons. The number of carbonyl (C=O) groups excluding carboxylic acids is 1. The lowest BCUT2D eigenvalue weighted by Gasteiger charge is -2.18. The highest BCUT2D eigenvalue weighted by molar-refractivity contribution is 6.02. The average molecular weight is 526 g/mol. The number of benzene rings is 3. The number of hydrogen-bond donors (Lipinski definition) is 2. The fourth-order valence-electron chi connectivity index (χ4n) is 4.94. The molecule has 1 saturated heterocycles. The molecular weight excluding hydrogens is 498 g/mol. The largest absolute Gasteiger partial charge is 0.481 e. The van der Waals surface area contributed by atoms with Gasteiger partial charge in [-0.1, -0.05) is 36.4 Å². The van der Waals surface area contributed by atoms with Crippen LogP contribution in [0.15, 0.2) is 79.1 Å². The first-order valence-corrected chi connectivity index (χ1v) is 12.6. The molecule has 1 amide bonds. The van der Waals surface area contributed by atoms with Gasteiger partial charge in [0.2, 0.25) is 5.91 Å². The third-order valence-electron chi connectivity index (χ3n) is 6.80. The number of carbonyl (C=O) groups is 2. The van der Waals surface area contributed by atoms with Gasteiger partial charge >= 0.3 is 5.97 Å². The molecule has 0 saturated carbocycles. The number of anilines is 2. The molecule has 1 aliphatic rings. The van der Waals surface area contributed by atoms with Crippen LogP contribution in [0.3, 0.4) is 0 Å². The standard InChI is InChI=1S/C29H27N5O5/c35-28(13-9-20-8-12-24(27(16-20)34(38)39)32-14-4-5-15-32)31-22-10-11-23-26(17-22)33(19-30-23)25(18-29(36)37)21-6-2-1-3-7-21/h1-3,6-13,16-17,19,25H,4-5,14-15,18H2,(H,31,35)(H,36,37)/b13-9+. The molecule has 5 rings (SSSR count). The summed E-state index contributed by atoms with van der Waals surface area (Å²) in [6.45, 7) is 1.59. The topological polar surface area (TPSA) is 131 Å². The highest BCUT2D eigenvalue weighted by atomic mass is 16.6. The SMILES string of the molecule is O=C(O)CC(c1ccccc1)n1cnc2ccc(NC(=O)/C=C/c3ccc(N4CCCC4)c([N+](=O)[O-])c3)cc21. The van der Waals surface area contributed by atoms with Crippen molar-refractivity contribution in [3.8, 4) is 0 Å². The van der Waals surface area contributed by atoms with E-state index < -0.39 is 22.8 Å². The van der Waals surface area contributed by atoms with Crippen molar-refractivity contribution < 1.29 is 19.6 Å². The Kier molecular flexibility index (Phi) is 7.35. The lowest BCUT2D eigenvalue weighted by Crippen LogP contribution is -2.18. The molecule has 3 aromatic carbocycles. The molecule has 0 bridgehead atoms. The Morgan fingerprint density at radius 1 is 1.08 bits per heavy atom. The minimum absolute atomic E-state index is 0.0208. The first-order chi connectivity index (χ1) is 18.9. The number of carboxylic acids is 1. The molecule has 1 unspecified atom stereocenters. The summed E-state index contributed by atoms with van der Waals surface area (Å²) in [5, 5.41) is 24.0. The van der Waals surface area contributed by atoms with E-state index in [1.807, 2.05) is 35.2 Å². The number of fused-ring (bicyclic) bond motifs is 1. The van der Waals surface area contributed by atoms with Gasteiger partial charge in [-0.15, -0.1) is 0 Å². The lowest BCUT2D eigenvalue weighted by molar-refractivity contribution is -0.384. The molecule has 0 radical (unpaired) electrons. The van der Waals surface area contributed by atoms with E-state index in [9.17, 15) is 24.8 Å². The maximum absolute atomic E-state index is 12.7. The second kappa shape index (κ2) is 11.2. The van der Waals surface area contributed by atoms with Crippen LogP contribution in [0.4, 0.5) is 17.1 Å². The molecule has 0 aliphatic carbocycles. The Hall–Kier alpha value is -4.99. The van der Waals surface area contributed by atoms with Crippen LogP contribution in [0.25, 0.3) is 17.1 Å². The van der Waals surface area contributed by atoms with Crippen molar-refractivity contribution in [3.63, 3.8) is 0 Å². The van der Waals surface area contributed by atoms with Gasteiger partial charge in [-0.3, -0.25) is 19.7 Å². The molecule has 10 nitrogen and oxygen atoms in total. The highest BCUT2D eigenvalue weighted by Gasteiger charge is 2.22. The summed E-state index contributed by atoms with van der Waals surface area (Å²) in [5.41, 5.74) is 3.86. The smallest absolute Gasteiger partial charge is 0.305 e. The van der Waals surface area contributed by atoms with Gasteiger partial charge in [0.15, 0.2) is 0 Å². The second-order valence-electron chi connectivity index (χ2n) is 9.40. The number of nitrogens with zero attached hydrogens (tertiary/aromatic N) is 4. The normalized spacial score (nSPS) is 14.1. The molecule has 4 aromatic rings. The number of amides is 1. The molecule has 0 spiro atoms. The number of aliphatic carboxylic acids is 1. The lowest BCUT2D eigenvalue weighted by atomic mass is 10.0. The summed E-state index contributed by atoms with van der Waals surface area (Å²) in [6, 6.07) is 19.1. The Labute approximate surface area is 224 Å². The van der Waals surface area contributed by atoms with Crippen LogP contribution in [-0.2, 0) is 9.59 Å². The van der Waals surface area contributed by atoms with Gasteiger partial charge in [0, 0.05) is 30.9 Å². The summed E-state index contributed by atoms with van der Waals surface area (Å²) in [5.74, 6) is -1.34. The van der Waals surface area contributed by atoms with Crippen LogP contribution in [0.2, 0.25) is 0 Å².